The highest BCUT2D eigenvalue weighted by atomic mass is 16.1. The monoisotopic (exact) mass is 186 g/mol. The molecule has 0 bridgehead atoms. The van der Waals surface area contributed by atoms with Crippen LogP contribution in [0, 0.1) is 5.92 Å². The molecule has 78 valence electrons. The molecule has 3 N–H and O–H groups in total. The van der Waals surface area contributed by atoms with Crippen LogP contribution < -0.4 is 11.1 Å². The maximum atomic E-state index is 11.3. The summed E-state index contributed by atoms with van der Waals surface area (Å²) in [6.45, 7) is 8.67. The minimum atomic E-state index is -0.122. The first kappa shape index (κ1) is 12.4. The Morgan fingerprint density at radius 1 is 1.46 bits per heavy atom. The largest absolute Gasteiger partial charge is 0.352 e. The van der Waals surface area contributed by atoms with E-state index in [0.29, 0.717) is 18.9 Å². The quantitative estimate of drug-likeness (QED) is 0.695. The Morgan fingerprint density at radius 2 is 2.00 bits per heavy atom. The number of nitrogens with two attached hydrogens (primary N) is 1. The van der Waals surface area contributed by atoms with Gasteiger partial charge in [-0.25, -0.2) is 0 Å². The van der Waals surface area contributed by atoms with Gasteiger partial charge in [0.1, 0.15) is 0 Å². The van der Waals surface area contributed by atoms with Crippen LogP contribution in [-0.2, 0) is 4.79 Å². The summed E-state index contributed by atoms with van der Waals surface area (Å²) in [5.74, 6) is 0.554. The molecule has 1 atom stereocenters. The molecule has 0 radical (unpaired) electrons. The van der Waals surface area contributed by atoms with Gasteiger partial charge in [0, 0.05) is 12.0 Å². The topological polar surface area (TPSA) is 55.1 Å². The molecule has 13 heavy (non-hydrogen) atoms. The number of rotatable bonds is 4. The van der Waals surface area contributed by atoms with Crippen LogP contribution in [0.25, 0.3) is 0 Å². The van der Waals surface area contributed by atoms with E-state index in [1.807, 2.05) is 20.8 Å². The molecule has 0 rings (SSSR count). The minimum absolute atomic E-state index is 0.118. The zero-order valence-corrected chi connectivity index (χ0v) is 9.18. The smallest absolute Gasteiger partial charge is 0.220 e. The predicted molar refractivity (Wildman–Crippen MR) is 55.3 cm³/mol. The van der Waals surface area contributed by atoms with Crippen molar-refractivity contribution in [1.29, 1.82) is 0 Å². The van der Waals surface area contributed by atoms with E-state index in [1.54, 1.807) is 0 Å². The lowest BCUT2D eigenvalue weighted by Crippen LogP contribution is -2.40. The number of carbonyl (C=O) groups is 1. The molecule has 0 aromatic heterocycles. The van der Waals surface area contributed by atoms with Gasteiger partial charge in [0.25, 0.3) is 0 Å². The van der Waals surface area contributed by atoms with Crippen LogP contribution in [0.2, 0.25) is 0 Å². The van der Waals surface area contributed by atoms with Crippen LogP contribution in [-0.4, -0.2) is 18.0 Å². The van der Waals surface area contributed by atoms with Crippen LogP contribution in [0.4, 0.5) is 0 Å². The first-order valence-corrected chi connectivity index (χ1v) is 4.86. The Labute approximate surface area is 81.1 Å². The van der Waals surface area contributed by atoms with E-state index in [1.165, 1.54) is 0 Å². The van der Waals surface area contributed by atoms with Gasteiger partial charge >= 0.3 is 0 Å². The van der Waals surface area contributed by atoms with Crippen molar-refractivity contribution in [1.82, 2.24) is 5.32 Å². The number of carbonyl (C=O) groups excluding carboxylic acids is 1. The molecular weight excluding hydrogens is 164 g/mol. The van der Waals surface area contributed by atoms with Crippen molar-refractivity contribution in [2.75, 3.05) is 6.54 Å². The predicted octanol–water partition coefficient (Wildman–Crippen LogP) is 1.28. The van der Waals surface area contributed by atoms with Crippen molar-refractivity contribution in [3.8, 4) is 0 Å². The van der Waals surface area contributed by atoms with Crippen LogP contribution in [0.15, 0.2) is 0 Å². The van der Waals surface area contributed by atoms with Gasteiger partial charge in [-0.15, -0.1) is 0 Å². The third-order valence-corrected chi connectivity index (χ3v) is 1.78. The van der Waals surface area contributed by atoms with E-state index >= 15 is 0 Å². The molecule has 3 heteroatoms. The number of nitrogens with one attached hydrogen (secondary N) is 1. The summed E-state index contributed by atoms with van der Waals surface area (Å²) in [5.41, 5.74) is 5.33. The average Bonchev–Trinajstić information content (AvgIpc) is 1.97. The Kier molecular flexibility index (Phi) is 4.99. The molecule has 1 unspecified atom stereocenters. The number of hydrogen-bond acceptors (Lipinski definition) is 2. The molecular formula is C10H22N2O. The summed E-state index contributed by atoms with van der Waals surface area (Å²) in [7, 11) is 0. The fourth-order valence-corrected chi connectivity index (χ4v) is 0.976. The van der Waals surface area contributed by atoms with Crippen LogP contribution in [0.1, 0.15) is 40.5 Å². The third-order valence-electron chi connectivity index (χ3n) is 1.78. The normalized spacial score (nSPS) is 13.9. The second-order valence-electron chi connectivity index (χ2n) is 4.68. The van der Waals surface area contributed by atoms with Gasteiger partial charge in [0.05, 0.1) is 0 Å². The molecule has 0 aromatic rings. The first-order chi connectivity index (χ1) is 5.85. The Balaban J connectivity index is 3.64. The second kappa shape index (κ2) is 5.22. The first-order valence-electron chi connectivity index (χ1n) is 4.86. The van der Waals surface area contributed by atoms with E-state index in [4.69, 9.17) is 5.73 Å². The van der Waals surface area contributed by atoms with E-state index in [9.17, 15) is 4.79 Å². The van der Waals surface area contributed by atoms with Crippen LogP contribution in [0.5, 0.6) is 0 Å². The third kappa shape index (κ3) is 7.78. The highest BCUT2D eigenvalue weighted by Gasteiger charge is 2.13. The molecule has 0 aliphatic heterocycles. The standard InChI is InChI=1S/C10H22N2O/c1-8(7-11)5-6-9(13)12-10(2,3)4/h8H,5-7,11H2,1-4H3,(H,12,13). The van der Waals surface area contributed by atoms with Gasteiger partial charge in [-0.2, -0.15) is 0 Å². The van der Waals surface area contributed by atoms with Crippen molar-refractivity contribution >= 4 is 5.91 Å². The van der Waals surface area contributed by atoms with E-state index < -0.39 is 0 Å². The molecule has 0 saturated heterocycles. The molecule has 0 aliphatic carbocycles. The highest BCUT2D eigenvalue weighted by molar-refractivity contribution is 5.76. The zero-order chi connectivity index (χ0) is 10.5. The molecule has 0 fully saturated rings. The summed E-state index contributed by atoms with van der Waals surface area (Å²) in [4.78, 5) is 11.3. The summed E-state index contributed by atoms with van der Waals surface area (Å²) in [6.07, 6.45) is 1.45. The maximum absolute atomic E-state index is 11.3. The Hall–Kier alpha value is -0.570. The number of hydrogen-bond donors (Lipinski definition) is 2. The van der Waals surface area contributed by atoms with Crippen molar-refractivity contribution in [2.24, 2.45) is 11.7 Å². The highest BCUT2D eigenvalue weighted by Crippen LogP contribution is 2.05. The van der Waals surface area contributed by atoms with Gasteiger partial charge in [-0.1, -0.05) is 6.92 Å². The zero-order valence-electron chi connectivity index (χ0n) is 9.18. The molecule has 0 saturated carbocycles. The number of amides is 1. The summed E-state index contributed by atoms with van der Waals surface area (Å²) in [6, 6.07) is 0. The summed E-state index contributed by atoms with van der Waals surface area (Å²) in [5, 5.41) is 2.92. The van der Waals surface area contributed by atoms with Crippen LogP contribution >= 0.6 is 0 Å². The van der Waals surface area contributed by atoms with E-state index in [-0.39, 0.29) is 11.4 Å². The molecule has 0 aromatic carbocycles. The fourth-order valence-electron chi connectivity index (χ4n) is 0.976. The van der Waals surface area contributed by atoms with Gasteiger partial charge in [0.15, 0.2) is 0 Å². The summed E-state index contributed by atoms with van der Waals surface area (Å²) >= 11 is 0. The lowest BCUT2D eigenvalue weighted by atomic mass is 10.0. The van der Waals surface area contributed by atoms with Crippen LogP contribution in [0.3, 0.4) is 0 Å². The molecule has 0 heterocycles. The van der Waals surface area contributed by atoms with Gasteiger partial charge in [0.2, 0.25) is 5.91 Å². The summed E-state index contributed by atoms with van der Waals surface area (Å²) < 4.78 is 0. The van der Waals surface area contributed by atoms with Gasteiger partial charge < -0.3 is 11.1 Å². The SMILES string of the molecule is CC(CN)CCC(=O)NC(C)(C)C. The average molecular weight is 186 g/mol. The van der Waals surface area contributed by atoms with Crippen molar-refractivity contribution in [2.45, 2.75) is 46.1 Å². The molecule has 1 amide bonds. The fraction of sp³-hybridized carbons (Fsp3) is 0.900. The molecule has 3 nitrogen and oxygen atoms in total. The second-order valence-corrected chi connectivity index (χ2v) is 4.68. The van der Waals surface area contributed by atoms with Crippen molar-refractivity contribution in [3.05, 3.63) is 0 Å². The lowest BCUT2D eigenvalue weighted by molar-refractivity contribution is -0.122. The lowest BCUT2D eigenvalue weighted by Gasteiger charge is -2.20. The Bertz CT molecular complexity index is 161. The molecule has 0 aliphatic rings. The molecule has 0 spiro atoms. The minimum Gasteiger partial charge on any atom is -0.352 e. The van der Waals surface area contributed by atoms with Gasteiger partial charge in [-0.3, -0.25) is 4.79 Å². The Morgan fingerprint density at radius 3 is 2.38 bits per heavy atom. The van der Waals surface area contributed by atoms with Crippen molar-refractivity contribution < 1.29 is 4.79 Å². The van der Waals surface area contributed by atoms with Crippen molar-refractivity contribution in [3.63, 3.8) is 0 Å². The van der Waals surface area contributed by atoms with E-state index in [2.05, 4.69) is 12.2 Å². The van der Waals surface area contributed by atoms with Gasteiger partial charge in [-0.05, 0) is 39.7 Å². The van der Waals surface area contributed by atoms with E-state index in [0.717, 1.165) is 6.42 Å². The maximum Gasteiger partial charge on any atom is 0.220 e.